The van der Waals surface area contributed by atoms with Crippen molar-refractivity contribution >= 4 is 122 Å². The van der Waals surface area contributed by atoms with Crippen LogP contribution in [0.4, 0.5) is 22.7 Å². The fourth-order valence-electron chi connectivity index (χ4n) is 8.74. The Balaban J connectivity index is 0.718. The molecule has 360 valence electrons. The summed E-state index contributed by atoms with van der Waals surface area (Å²) in [6.45, 7) is -0.130. The maximum Gasteiger partial charge on any atom is 0.317 e. The Kier molecular flexibility index (Phi) is 13.6. The van der Waals surface area contributed by atoms with Crippen molar-refractivity contribution in [1.29, 1.82) is 0 Å². The van der Waals surface area contributed by atoms with Crippen molar-refractivity contribution in [3.05, 3.63) is 219 Å². The highest BCUT2D eigenvalue weighted by atomic mass is 79.9. The quantitative estimate of drug-likeness (QED) is 0.0516. The van der Waals surface area contributed by atoms with Crippen LogP contribution in [0.2, 0.25) is 0 Å². The summed E-state index contributed by atoms with van der Waals surface area (Å²) in [7, 11) is 0. The van der Waals surface area contributed by atoms with Gasteiger partial charge in [0, 0.05) is 40.1 Å². The highest BCUT2D eigenvalue weighted by molar-refractivity contribution is 9.11. The molecular formula is C57H34Br4N2O10. The second-order valence-electron chi connectivity index (χ2n) is 16.9. The van der Waals surface area contributed by atoms with Crippen LogP contribution < -0.4 is 10.6 Å². The Morgan fingerprint density at radius 1 is 0.411 bits per heavy atom. The third-order valence-electron chi connectivity index (χ3n) is 12.4. The van der Waals surface area contributed by atoms with Gasteiger partial charge in [-0.3, -0.25) is 28.8 Å². The summed E-state index contributed by atoms with van der Waals surface area (Å²) in [6.07, 6.45) is -0.573. The largest absolute Gasteiger partial charge is 0.507 e. The number of ether oxygens (including phenoxy) is 2. The molecule has 0 spiro atoms. The summed E-state index contributed by atoms with van der Waals surface area (Å²) in [5.74, 6) is -3.65. The summed E-state index contributed by atoms with van der Waals surface area (Å²) in [4.78, 5) is 79.2. The number of esters is 2. The summed E-state index contributed by atoms with van der Waals surface area (Å²) in [5.41, 5.74) is 7.72. The third-order valence-corrected chi connectivity index (χ3v) is 14.9. The molecule has 0 bridgehead atoms. The van der Waals surface area contributed by atoms with Crippen molar-refractivity contribution in [1.82, 2.24) is 0 Å². The summed E-state index contributed by atoms with van der Waals surface area (Å²) in [6, 6.07) is 41.2. The molecule has 2 aliphatic carbocycles. The molecule has 0 fully saturated rings. The van der Waals surface area contributed by atoms with Crippen LogP contribution in [0.5, 0.6) is 11.5 Å². The number of hydrogen-bond donors (Lipinski definition) is 4. The van der Waals surface area contributed by atoms with Gasteiger partial charge < -0.3 is 30.3 Å². The first-order valence-corrected chi connectivity index (χ1v) is 25.4. The fraction of sp³-hybridized carbons (Fsp3) is 0.0526. The summed E-state index contributed by atoms with van der Waals surface area (Å²) in [5, 5.41) is 27.8. The number of phenols is 2. The van der Waals surface area contributed by atoms with Gasteiger partial charge in [-0.15, -0.1) is 0 Å². The predicted octanol–water partition coefficient (Wildman–Crippen LogP) is 13.7. The molecule has 2 aliphatic rings. The minimum absolute atomic E-state index is 0.0516. The molecule has 0 unspecified atom stereocenters. The van der Waals surface area contributed by atoms with Gasteiger partial charge in [0.25, 0.3) is 0 Å². The monoisotopic (exact) mass is 1220 g/mol. The Morgan fingerprint density at radius 2 is 0.726 bits per heavy atom. The first kappa shape index (κ1) is 49.1. The minimum Gasteiger partial charge on any atom is -0.507 e. The van der Waals surface area contributed by atoms with Crippen LogP contribution in [0.1, 0.15) is 81.2 Å². The Hall–Kier alpha value is -7.50. The first-order valence-electron chi connectivity index (χ1n) is 22.3. The molecule has 73 heavy (non-hydrogen) atoms. The number of hydrogen-bond acceptors (Lipinski definition) is 12. The van der Waals surface area contributed by atoms with Crippen LogP contribution in [-0.4, -0.2) is 45.3 Å². The number of anilines is 4. The Bertz CT molecular complexity index is 3400. The maximum atomic E-state index is 13.6. The molecule has 0 heterocycles. The van der Waals surface area contributed by atoms with Gasteiger partial charge in [0.1, 0.15) is 31.1 Å². The van der Waals surface area contributed by atoms with E-state index in [9.17, 15) is 39.0 Å². The lowest BCUT2D eigenvalue weighted by molar-refractivity contribution is -0.156. The number of nitrogens with one attached hydrogen (secondary N) is 2. The van der Waals surface area contributed by atoms with Crippen LogP contribution in [0, 0.1) is 0 Å². The number of carbonyl (C=O) groups excluding carboxylic acids is 6. The number of aromatic hydroxyl groups is 2. The zero-order chi connectivity index (χ0) is 51.2. The minimum atomic E-state index is -0.740. The molecule has 8 aromatic rings. The number of carbonyl (C=O) groups is 6. The molecule has 10 rings (SSSR count). The van der Waals surface area contributed by atoms with Gasteiger partial charge in [-0.2, -0.15) is 0 Å². The predicted molar refractivity (Wildman–Crippen MR) is 288 cm³/mol. The van der Waals surface area contributed by atoms with Gasteiger partial charge in [0.2, 0.25) is 0 Å². The van der Waals surface area contributed by atoms with Gasteiger partial charge in [0.05, 0.1) is 45.0 Å². The highest BCUT2D eigenvalue weighted by Gasteiger charge is 2.36. The molecule has 0 saturated heterocycles. The molecule has 4 N–H and O–H groups in total. The summed E-state index contributed by atoms with van der Waals surface area (Å²) < 4.78 is 13.4. The molecule has 0 aliphatic heterocycles. The van der Waals surface area contributed by atoms with E-state index in [1.165, 1.54) is 12.1 Å². The van der Waals surface area contributed by atoms with E-state index in [1.807, 2.05) is 48.5 Å². The van der Waals surface area contributed by atoms with E-state index in [1.54, 1.807) is 84.9 Å². The topological polar surface area (TPSA) is 185 Å². The third kappa shape index (κ3) is 9.54. The molecule has 0 saturated carbocycles. The van der Waals surface area contributed by atoms with Gasteiger partial charge in [0.15, 0.2) is 23.1 Å². The number of rotatable bonds is 12. The van der Waals surface area contributed by atoms with Crippen molar-refractivity contribution in [3.63, 3.8) is 0 Å². The Labute approximate surface area is 449 Å². The maximum absolute atomic E-state index is 13.6. The van der Waals surface area contributed by atoms with E-state index >= 15 is 0 Å². The van der Waals surface area contributed by atoms with Crippen LogP contribution in [0.25, 0.3) is 22.3 Å². The second kappa shape index (κ2) is 20.2. The van der Waals surface area contributed by atoms with Crippen molar-refractivity contribution in [2.24, 2.45) is 0 Å². The number of ketones is 4. The van der Waals surface area contributed by atoms with E-state index in [2.05, 4.69) is 74.4 Å². The van der Waals surface area contributed by atoms with Gasteiger partial charge in [-0.1, -0.05) is 97.1 Å². The zero-order valence-electron chi connectivity index (χ0n) is 37.6. The van der Waals surface area contributed by atoms with Crippen LogP contribution >= 0.6 is 63.7 Å². The molecule has 16 heteroatoms. The molecular weight excluding hydrogens is 1190 g/mol. The van der Waals surface area contributed by atoms with E-state index in [0.717, 1.165) is 22.3 Å². The summed E-state index contributed by atoms with van der Waals surface area (Å²) >= 11 is 14.6. The van der Waals surface area contributed by atoms with E-state index in [-0.39, 0.29) is 80.8 Å². The standard InChI is InChI=1S/C57H34Br4N2O10/c58-38-21-32(22-39(59)52(38)62-42-17-19-44(64)50-48(42)54(68)34-5-1-3-7-36(34)56(50)70)30-13-9-28(10-14-30)26-72-46(66)25-47(67)73-27-29-11-15-31(16-12-29)33-23-40(60)53(41(61)24-33)63-43-18-20-45(65)51-49(43)55(69)35-6-2-4-8-37(35)57(51)71/h1-24,62-65H,25-27H2. The number of benzene rings is 8. The zero-order valence-corrected chi connectivity index (χ0v) is 44.0. The van der Waals surface area contributed by atoms with Gasteiger partial charge in [-0.05, 0) is 146 Å². The van der Waals surface area contributed by atoms with E-state index in [4.69, 9.17) is 9.47 Å². The SMILES string of the molecule is O=C(CC(=O)OCc1ccc(-c2cc(Br)c(Nc3ccc(O)c4c3C(=O)c3ccccc3C4=O)c(Br)c2)cc1)OCc1ccc(-c2cc(Br)c(Nc3ccc(O)c4c3C(=O)c3ccccc3C4=O)c(Br)c2)cc1. The van der Waals surface area contributed by atoms with E-state index in [0.29, 0.717) is 51.8 Å². The lowest BCUT2D eigenvalue weighted by atomic mass is 9.82. The number of halogens is 4. The fourth-order valence-corrected chi connectivity index (χ4v) is 11.5. The highest BCUT2D eigenvalue weighted by Crippen LogP contribution is 2.44. The molecule has 0 aromatic heterocycles. The molecule has 0 amide bonds. The smallest absolute Gasteiger partial charge is 0.317 e. The number of fused-ring (bicyclic) bond motifs is 4. The average molecular weight is 1230 g/mol. The Morgan fingerprint density at radius 3 is 1.05 bits per heavy atom. The van der Waals surface area contributed by atoms with Crippen LogP contribution in [0.15, 0.2) is 163 Å². The number of phenolic OH excluding ortho intramolecular Hbond substituents is 2. The van der Waals surface area contributed by atoms with Gasteiger partial charge in [-0.25, -0.2) is 0 Å². The molecule has 12 nitrogen and oxygen atoms in total. The first-order chi connectivity index (χ1) is 35.1. The van der Waals surface area contributed by atoms with Crippen molar-refractivity contribution in [3.8, 4) is 33.8 Å². The van der Waals surface area contributed by atoms with Crippen molar-refractivity contribution in [2.75, 3.05) is 10.6 Å². The van der Waals surface area contributed by atoms with Crippen molar-refractivity contribution < 1.29 is 48.5 Å². The van der Waals surface area contributed by atoms with Crippen molar-refractivity contribution in [2.45, 2.75) is 19.6 Å². The normalized spacial score (nSPS) is 12.3. The average Bonchev–Trinajstić information content (AvgIpc) is 3.39. The van der Waals surface area contributed by atoms with Crippen LogP contribution in [-0.2, 0) is 32.3 Å². The second-order valence-corrected chi connectivity index (χ2v) is 20.4. The molecule has 0 radical (unpaired) electrons. The lowest BCUT2D eigenvalue weighted by Crippen LogP contribution is -2.22. The van der Waals surface area contributed by atoms with Gasteiger partial charge >= 0.3 is 11.9 Å². The molecule has 8 aromatic carbocycles. The lowest BCUT2D eigenvalue weighted by Gasteiger charge is -2.22. The van der Waals surface area contributed by atoms with E-state index < -0.39 is 29.9 Å². The van der Waals surface area contributed by atoms with Crippen LogP contribution in [0.3, 0.4) is 0 Å². The molecule has 0 atom stereocenters.